The number of carbonyl (C=O) groups is 2. The fourth-order valence-corrected chi connectivity index (χ4v) is 2.13. The molecule has 0 radical (unpaired) electrons. The zero-order valence-corrected chi connectivity index (χ0v) is 10.9. The average Bonchev–Trinajstić information content (AvgIpc) is 2.86. The molecule has 5 nitrogen and oxygen atoms in total. The molecule has 94 valence electrons. The number of nitrogens with one attached hydrogen (secondary N) is 2. The molecular weight excluding hydrogens is 260 g/mol. The van der Waals surface area contributed by atoms with E-state index in [9.17, 15) is 9.59 Å². The summed E-state index contributed by atoms with van der Waals surface area (Å²) < 4.78 is 0. The van der Waals surface area contributed by atoms with Gasteiger partial charge in [0, 0.05) is 5.25 Å². The zero-order chi connectivity index (χ0) is 12.7. The summed E-state index contributed by atoms with van der Waals surface area (Å²) in [6.45, 7) is 1.85. The number of rotatable bonds is 5. The van der Waals surface area contributed by atoms with Crippen LogP contribution >= 0.6 is 23.1 Å². The minimum atomic E-state index is -0.325. The predicted octanol–water partition coefficient (Wildman–Crippen LogP) is 0.623. The van der Waals surface area contributed by atoms with Gasteiger partial charge in [-0.25, -0.2) is 0 Å². The third-order valence-corrected chi connectivity index (χ3v) is 3.83. The number of thioether (sulfide) groups is 1. The van der Waals surface area contributed by atoms with Crippen LogP contribution in [-0.4, -0.2) is 34.5 Å². The van der Waals surface area contributed by atoms with E-state index in [4.69, 9.17) is 5.11 Å². The molecule has 1 aromatic heterocycles. The molecule has 0 aliphatic rings. The van der Waals surface area contributed by atoms with Crippen molar-refractivity contribution in [2.45, 2.75) is 12.2 Å². The fraction of sp³-hybridized carbons (Fsp3) is 0.400. The van der Waals surface area contributed by atoms with Crippen LogP contribution in [0.25, 0.3) is 0 Å². The summed E-state index contributed by atoms with van der Waals surface area (Å²) in [7, 11) is 0. The number of aliphatic hydroxyl groups is 1. The van der Waals surface area contributed by atoms with Gasteiger partial charge >= 0.3 is 0 Å². The highest BCUT2D eigenvalue weighted by molar-refractivity contribution is 8.00. The molecule has 1 aromatic rings. The summed E-state index contributed by atoms with van der Waals surface area (Å²) in [6.07, 6.45) is 0. The molecule has 1 unspecified atom stereocenters. The van der Waals surface area contributed by atoms with Gasteiger partial charge in [-0.3, -0.25) is 20.4 Å². The number of hydrogen-bond acceptors (Lipinski definition) is 5. The van der Waals surface area contributed by atoms with E-state index in [1.165, 1.54) is 23.1 Å². The van der Waals surface area contributed by atoms with Crippen molar-refractivity contribution in [1.82, 2.24) is 10.9 Å². The summed E-state index contributed by atoms with van der Waals surface area (Å²) in [4.78, 5) is 23.3. The molecule has 3 N–H and O–H groups in total. The summed E-state index contributed by atoms with van der Waals surface area (Å²) in [5, 5.41) is 10.6. The number of hydrogen-bond donors (Lipinski definition) is 3. The van der Waals surface area contributed by atoms with Crippen LogP contribution < -0.4 is 10.9 Å². The molecule has 0 spiro atoms. The maximum absolute atomic E-state index is 11.4. The Bertz CT molecular complexity index is 368. The van der Waals surface area contributed by atoms with E-state index in [1.807, 2.05) is 6.92 Å². The molecule has 0 aliphatic heterocycles. The second-order valence-electron chi connectivity index (χ2n) is 3.28. The number of carbonyl (C=O) groups excluding carboxylic acids is 2. The lowest BCUT2D eigenvalue weighted by molar-refractivity contribution is -0.119. The van der Waals surface area contributed by atoms with Crippen molar-refractivity contribution >= 4 is 34.9 Å². The molecule has 7 heteroatoms. The Balaban J connectivity index is 2.22. The van der Waals surface area contributed by atoms with Gasteiger partial charge in [-0.05, 0) is 11.4 Å². The first-order chi connectivity index (χ1) is 8.13. The Kier molecular flexibility index (Phi) is 6.03. The first-order valence-electron chi connectivity index (χ1n) is 4.98. The number of amides is 2. The van der Waals surface area contributed by atoms with Crippen LogP contribution in [-0.2, 0) is 4.79 Å². The predicted molar refractivity (Wildman–Crippen MR) is 68.9 cm³/mol. The summed E-state index contributed by atoms with van der Waals surface area (Å²) in [5.74, 6) is -0.416. The van der Waals surface area contributed by atoms with Crippen LogP contribution in [0.2, 0.25) is 0 Å². The van der Waals surface area contributed by atoms with Crippen molar-refractivity contribution in [3.63, 3.8) is 0 Å². The van der Waals surface area contributed by atoms with Crippen LogP contribution in [0.3, 0.4) is 0 Å². The quantitative estimate of drug-likeness (QED) is 0.688. The van der Waals surface area contributed by atoms with E-state index < -0.39 is 0 Å². The summed E-state index contributed by atoms with van der Waals surface area (Å²) in [5.41, 5.74) is 4.64. The lowest BCUT2D eigenvalue weighted by atomic mass is 10.4. The number of thiophene rings is 1. The van der Waals surface area contributed by atoms with Gasteiger partial charge in [0.05, 0.1) is 17.2 Å². The number of hydrazine groups is 1. The summed E-state index contributed by atoms with van der Waals surface area (Å²) in [6, 6.07) is 3.44. The van der Waals surface area contributed by atoms with Crippen molar-refractivity contribution in [3.8, 4) is 0 Å². The molecule has 1 rings (SSSR count). The van der Waals surface area contributed by atoms with E-state index >= 15 is 0 Å². The Morgan fingerprint density at radius 3 is 2.88 bits per heavy atom. The molecule has 1 atom stereocenters. The van der Waals surface area contributed by atoms with Crippen molar-refractivity contribution < 1.29 is 14.7 Å². The van der Waals surface area contributed by atoms with Gasteiger partial charge in [0.15, 0.2) is 0 Å². The lowest BCUT2D eigenvalue weighted by Crippen LogP contribution is -2.42. The smallest absolute Gasteiger partial charge is 0.279 e. The molecule has 0 aliphatic carbocycles. The van der Waals surface area contributed by atoms with Gasteiger partial charge in [-0.2, -0.15) is 0 Å². The Morgan fingerprint density at radius 2 is 2.29 bits per heavy atom. The zero-order valence-electron chi connectivity index (χ0n) is 9.30. The third-order valence-electron chi connectivity index (χ3n) is 1.82. The molecule has 0 saturated heterocycles. The Hall–Kier alpha value is -1.05. The molecule has 17 heavy (non-hydrogen) atoms. The van der Waals surface area contributed by atoms with Crippen molar-refractivity contribution in [2.24, 2.45) is 0 Å². The SMILES string of the molecule is CC(CO)SCC(=O)NNC(=O)c1cccs1. The maximum atomic E-state index is 11.4. The second-order valence-corrected chi connectivity index (χ2v) is 5.66. The van der Waals surface area contributed by atoms with Gasteiger partial charge in [0.25, 0.3) is 5.91 Å². The maximum Gasteiger partial charge on any atom is 0.279 e. The molecule has 2 amide bonds. The standard InChI is InChI=1S/C10H14N2O3S2/c1-7(5-13)17-6-9(14)11-12-10(15)8-3-2-4-16-8/h2-4,7,13H,5-6H2,1H3,(H,11,14)(H,12,15). The number of aliphatic hydroxyl groups excluding tert-OH is 1. The van der Waals surface area contributed by atoms with Gasteiger partial charge in [-0.1, -0.05) is 13.0 Å². The highest BCUT2D eigenvalue weighted by Crippen LogP contribution is 2.08. The molecule has 0 aromatic carbocycles. The highest BCUT2D eigenvalue weighted by Gasteiger charge is 2.09. The molecule has 1 heterocycles. The third kappa shape index (κ3) is 5.20. The summed E-state index contributed by atoms with van der Waals surface area (Å²) >= 11 is 2.63. The van der Waals surface area contributed by atoms with Crippen LogP contribution in [0, 0.1) is 0 Å². The topological polar surface area (TPSA) is 78.4 Å². The van der Waals surface area contributed by atoms with E-state index in [-0.39, 0.29) is 29.4 Å². The van der Waals surface area contributed by atoms with E-state index in [2.05, 4.69) is 10.9 Å². The van der Waals surface area contributed by atoms with Crippen LogP contribution in [0.15, 0.2) is 17.5 Å². The first kappa shape index (κ1) is 14.0. The van der Waals surface area contributed by atoms with Gasteiger partial charge in [-0.15, -0.1) is 23.1 Å². The first-order valence-corrected chi connectivity index (χ1v) is 6.91. The molecule has 0 fully saturated rings. The Morgan fingerprint density at radius 1 is 1.53 bits per heavy atom. The van der Waals surface area contributed by atoms with Gasteiger partial charge < -0.3 is 5.11 Å². The minimum Gasteiger partial charge on any atom is -0.395 e. The van der Waals surface area contributed by atoms with Crippen molar-refractivity contribution in [2.75, 3.05) is 12.4 Å². The normalized spacial score (nSPS) is 11.9. The molecular formula is C10H14N2O3S2. The van der Waals surface area contributed by atoms with Crippen LogP contribution in [0.4, 0.5) is 0 Å². The fourth-order valence-electron chi connectivity index (χ4n) is 0.903. The molecule has 0 saturated carbocycles. The largest absolute Gasteiger partial charge is 0.395 e. The molecule has 0 bridgehead atoms. The monoisotopic (exact) mass is 274 g/mol. The highest BCUT2D eigenvalue weighted by atomic mass is 32.2. The lowest BCUT2D eigenvalue weighted by Gasteiger charge is -2.08. The van der Waals surface area contributed by atoms with Crippen molar-refractivity contribution in [3.05, 3.63) is 22.4 Å². The second kappa shape index (κ2) is 7.31. The minimum absolute atomic E-state index is 0.00810. The van der Waals surface area contributed by atoms with E-state index in [1.54, 1.807) is 17.5 Å². The average molecular weight is 274 g/mol. The van der Waals surface area contributed by atoms with Gasteiger partial charge in [0.2, 0.25) is 5.91 Å². The van der Waals surface area contributed by atoms with Crippen LogP contribution in [0.5, 0.6) is 0 Å². The Labute approximate surface area is 108 Å². The van der Waals surface area contributed by atoms with Crippen LogP contribution in [0.1, 0.15) is 16.6 Å². The van der Waals surface area contributed by atoms with Crippen molar-refractivity contribution in [1.29, 1.82) is 0 Å². The van der Waals surface area contributed by atoms with Gasteiger partial charge in [0.1, 0.15) is 0 Å². The van der Waals surface area contributed by atoms with E-state index in [0.29, 0.717) is 4.88 Å². The van der Waals surface area contributed by atoms with E-state index in [0.717, 1.165) is 0 Å².